The lowest BCUT2D eigenvalue weighted by atomic mass is 10.0. The van der Waals surface area contributed by atoms with Crippen LogP contribution in [0.1, 0.15) is 11.1 Å². The van der Waals surface area contributed by atoms with Crippen molar-refractivity contribution in [2.24, 2.45) is 0 Å². The van der Waals surface area contributed by atoms with Gasteiger partial charge in [-0.2, -0.15) is 0 Å². The first-order valence-electron chi connectivity index (χ1n) is 9.87. The number of ketones is 1. The Labute approximate surface area is 183 Å². The summed E-state index contributed by atoms with van der Waals surface area (Å²) in [5, 5.41) is 0.657. The monoisotopic (exact) mass is 434 g/mol. The second kappa shape index (κ2) is 9.01. The number of fused-ring (bicyclic) bond motifs is 1. The number of ether oxygens (including phenoxy) is 2. The fourth-order valence-corrected chi connectivity index (χ4v) is 3.40. The zero-order valence-corrected chi connectivity index (χ0v) is 17.3. The Morgan fingerprint density at radius 1 is 0.969 bits per heavy atom. The van der Waals surface area contributed by atoms with Crippen LogP contribution in [-0.2, 0) is 17.6 Å². The minimum atomic E-state index is -0.547. The summed E-state index contributed by atoms with van der Waals surface area (Å²) >= 11 is 0. The third-order valence-corrected chi connectivity index (χ3v) is 5.01. The molecule has 2 N–H and O–H groups in total. The van der Waals surface area contributed by atoms with Gasteiger partial charge in [-0.3, -0.25) is 9.78 Å². The number of anilines is 1. The number of methoxy groups -OCH3 is 1. The zero-order chi connectivity index (χ0) is 22.7. The van der Waals surface area contributed by atoms with E-state index in [-0.39, 0.29) is 35.8 Å². The van der Waals surface area contributed by atoms with E-state index in [0.717, 1.165) is 0 Å². The van der Waals surface area contributed by atoms with E-state index < -0.39 is 5.82 Å². The number of hydrogen-bond acceptors (Lipinski definition) is 5. The first kappa shape index (κ1) is 21.2. The lowest BCUT2D eigenvalue weighted by molar-refractivity contribution is -0.117. The number of nitrogens with zero attached hydrogens (tertiary/aromatic N) is 1. The summed E-state index contributed by atoms with van der Waals surface area (Å²) in [5.74, 6) is 0.153. The first-order valence-corrected chi connectivity index (χ1v) is 9.87. The average Bonchev–Trinajstić information content (AvgIpc) is 2.77. The van der Waals surface area contributed by atoms with E-state index in [1.54, 1.807) is 42.6 Å². The smallest absolute Gasteiger partial charge is 0.143 e. The number of rotatable bonds is 7. The minimum absolute atomic E-state index is 0.0714. The highest BCUT2D eigenvalue weighted by Gasteiger charge is 2.13. The maximum Gasteiger partial charge on any atom is 0.143 e. The SMILES string of the molecule is COc1cc2nccc(Oc3ccc(CC(=O)Cc4ccc(F)cc4)c(F)c3)c2cc1N. The van der Waals surface area contributed by atoms with Gasteiger partial charge in [0.05, 0.1) is 18.3 Å². The number of carbonyl (C=O) groups is 1. The summed E-state index contributed by atoms with van der Waals surface area (Å²) in [6.45, 7) is 0. The predicted molar refractivity (Wildman–Crippen MR) is 118 cm³/mol. The number of halogens is 2. The molecule has 3 aromatic carbocycles. The van der Waals surface area contributed by atoms with Gasteiger partial charge in [-0.25, -0.2) is 8.78 Å². The average molecular weight is 434 g/mol. The molecule has 1 aromatic heterocycles. The highest BCUT2D eigenvalue weighted by molar-refractivity contribution is 5.90. The van der Waals surface area contributed by atoms with Crippen molar-refractivity contribution < 1.29 is 23.0 Å². The van der Waals surface area contributed by atoms with Crippen molar-refractivity contribution in [1.82, 2.24) is 4.98 Å². The molecule has 0 saturated heterocycles. The van der Waals surface area contributed by atoms with Gasteiger partial charge in [-0.15, -0.1) is 0 Å². The number of aromatic nitrogens is 1. The van der Waals surface area contributed by atoms with E-state index >= 15 is 0 Å². The van der Waals surface area contributed by atoms with Crippen molar-refractivity contribution >= 4 is 22.4 Å². The molecule has 0 aliphatic heterocycles. The summed E-state index contributed by atoms with van der Waals surface area (Å²) < 4.78 is 38.7. The topological polar surface area (TPSA) is 74.4 Å². The van der Waals surface area contributed by atoms with E-state index in [0.29, 0.717) is 33.7 Å². The van der Waals surface area contributed by atoms with Gasteiger partial charge in [0, 0.05) is 36.6 Å². The van der Waals surface area contributed by atoms with Crippen LogP contribution in [0.2, 0.25) is 0 Å². The molecule has 0 unspecified atom stereocenters. The van der Waals surface area contributed by atoms with E-state index in [9.17, 15) is 13.6 Å². The Hall–Kier alpha value is -4.00. The molecule has 0 aliphatic rings. The fourth-order valence-electron chi connectivity index (χ4n) is 3.40. The van der Waals surface area contributed by atoms with Gasteiger partial charge in [0.2, 0.25) is 0 Å². The molecule has 7 heteroatoms. The third-order valence-electron chi connectivity index (χ3n) is 5.01. The molecular formula is C25H20F2N2O3. The van der Waals surface area contributed by atoms with Crippen LogP contribution >= 0.6 is 0 Å². The van der Waals surface area contributed by atoms with E-state index in [1.165, 1.54) is 31.4 Å². The van der Waals surface area contributed by atoms with Crippen LogP contribution in [0.3, 0.4) is 0 Å². The molecule has 162 valence electrons. The summed E-state index contributed by atoms with van der Waals surface area (Å²) in [6, 6.07) is 15.1. The summed E-state index contributed by atoms with van der Waals surface area (Å²) in [5.41, 5.74) is 7.99. The second-order valence-corrected chi connectivity index (χ2v) is 7.29. The van der Waals surface area contributed by atoms with Crippen LogP contribution in [0.15, 0.2) is 66.9 Å². The second-order valence-electron chi connectivity index (χ2n) is 7.29. The molecule has 32 heavy (non-hydrogen) atoms. The maximum atomic E-state index is 14.7. The van der Waals surface area contributed by atoms with Gasteiger partial charge in [0.15, 0.2) is 0 Å². The first-order chi connectivity index (χ1) is 15.4. The van der Waals surface area contributed by atoms with Crippen LogP contribution in [0, 0.1) is 11.6 Å². The Morgan fingerprint density at radius 2 is 1.75 bits per heavy atom. The lowest BCUT2D eigenvalue weighted by Crippen LogP contribution is -2.08. The Balaban J connectivity index is 1.50. The summed E-state index contributed by atoms with van der Waals surface area (Å²) in [6.07, 6.45) is 1.61. The molecule has 4 rings (SSSR count). The molecule has 5 nitrogen and oxygen atoms in total. The van der Waals surface area contributed by atoms with Gasteiger partial charge in [-0.1, -0.05) is 18.2 Å². The quantitative estimate of drug-likeness (QED) is 0.402. The Bertz CT molecular complexity index is 1290. The molecule has 4 aromatic rings. The van der Waals surface area contributed by atoms with Crippen LogP contribution in [0.4, 0.5) is 14.5 Å². The maximum absolute atomic E-state index is 14.7. The summed E-state index contributed by atoms with van der Waals surface area (Å²) in [7, 11) is 1.52. The van der Waals surface area contributed by atoms with Crippen molar-refractivity contribution in [3.05, 3.63) is 89.6 Å². The zero-order valence-electron chi connectivity index (χ0n) is 17.3. The number of benzene rings is 3. The number of nitrogens with two attached hydrogens (primary N) is 1. The number of nitrogen functional groups attached to an aromatic ring is 1. The van der Waals surface area contributed by atoms with Crippen LogP contribution in [-0.4, -0.2) is 17.9 Å². The highest BCUT2D eigenvalue weighted by Crippen LogP contribution is 2.34. The molecule has 0 radical (unpaired) electrons. The number of hydrogen-bond donors (Lipinski definition) is 1. The lowest BCUT2D eigenvalue weighted by Gasteiger charge is -2.12. The molecule has 0 amide bonds. The molecule has 0 atom stereocenters. The van der Waals surface area contributed by atoms with E-state index in [1.807, 2.05) is 0 Å². The molecule has 0 fully saturated rings. The van der Waals surface area contributed by atoms with Gasteiger partial charge in [0.25, 0.3) is 0 Å². The number of Topliss-reactive ketones (excluding diaryl/α,β-unsaturated/α-hetero) is 1. The third kappa shape index (κ3) is 4.67. The van der Waals surface area contributed by atoms with Crippen LogP contribution in [0.5, 0.6) is 17.2 Å². The Kier molecular flexibility index (Phi) is 5.98. The molecule has 0 aliphatic carbocycles. The van der Waals surface area contributed by atoms with Crippen LogP contribution < -0.4 is 15.2 Å². The predicted octanol–water partition coefficient (Wildman–Crippen LogP) is 5.25. The Morgan fingerprint density at radius 3 is 2.47 bits per heavy atom. The van der Waals surface area contributed by atoms with E-state index in [2.05, 4.69) is 4.98 Å². The summed E-state index contributed by atoms with van der Waals surface area (Å²) in [4.78, 5) is 16.6. The minimum Gasteiger partial charge on any atom is -0.495 e. The molecule has 1 heterocycles. The molecular weight excluding hydrogens is 414 g/mol. The van der Waals surface area contributed by atoms with Gasteiger partial charge in [-0.05, 0) is 41.5 Å². The molecule has 0 bridgehead atoms. The number of carbonyl (C=O) groups excluding carboxylic acids is 1. The van der Waals surface area contributed by atoms with Gasteiger partial charge >= 0.3 is 0 Å². The van der Waals surface area contributed by atoms with Crippen molar-refractivity contribution in [2.75, 3.05) is 12.8 Å². The molecule has 0 spiro atoms. The normalized spacial score (nSPS) is 10.8. The molecule has 0 saturated carbocycles. The van der Waals surface area contributed by atoms with E-state index in [4.69, 9.17) is 15.2 Å². The van der Waals surface area contributed by atoms with Crippen molar-refractivity contribution in [2.45, 2.75) is 12.8 Å². The van der Waals surface area contributed by atoms with Crippen molar-refractivity contribution in [3.63, 3.8) is 0 Å². The van der Waals surface area contributed by atoms with Gasteiger partial charge < -0.3 is 15.2 Å². The fraction of sp³-hybridized carbons (Fsp3) is 0.120. The highest BCUT2D eigenvalue weighted by atomic mass is 19.1. The van der Waals surface area contributed by atoms with Crippen LogP contribution in [0.25, 0.3) is 10.9 Å². The van der Waals surface area contributed by atoms with Gasteiger partial charge in [0.1, 0.15) is 34.7 Å². The standard InChI is InChI=1S/C25H20F2N2O3/c1-31-25-14-23-20(13-22(25)28)24(8-9-29-23)32-19-7-4-16(21(27)12-19)11-18(30)10-15-2-5-17(26)6-3-15/h2-9,12-14H,10-11,28H2,1H3. The van der Waals surface area contributed by atoms with Crippen molar-refractivity contribution in [3.8, 4) is 17.2 Å². The van der Waals surface area contributed by atoms with Crippen molar-refractivity contribution in [1.29, 1.82) is 0 Å². The largest absolute Gasteiger partial charge is 0.495 e. The number of pyridine rings is 1.